The summed E-state index contributed by atoms with van der Waals surface area (Å²) in [6.45, 7) is 14.1. The van der Waals surface area contributed by atoms with Crippen molar-refractivity contribution in [1.29, 1.82) is 0 Å². The van der Waals surface area contributed by atoms with E-state index in [1.54, 1.807) is 0 Å². The smallest absolute Gasteiger partial charge is 0.251 e. The molecule has 0 saturated heterocycles. The number of hydrogen-bond donors (Lipinski definition) is 0. The lowest BCUT2D eigenvalue weighted by Crippen LogP contribution is -2.57. The summed E-state index contributed by atoms with van der Waals surface area (Å²) in [6.07, 6.45) is 0. The van der Waals surface area contributed by atoms with E-state index in [2.05, 4.69) is 149 Å². The minimum absolute atomic E-state index is 0.0778. The van der Waals surface area contributed by atoms with Crippen molar-refractivity contribution in [2.75, 3.05) is 0 Å². The van der Waals surface area contributed by atoms with E-state index in [0.717, 1.165) is 17.2 Å². The van der Waals surface area contributed by atoms with E-state index in [1.807, 2.05) is 0 Å². The quantitative estimate of drug-likeness (QED) is 0.197. The molecule has 6 aromatic rings. The SMILES string of the molecule is CC(C)c1cc(C(C)C)c(B2c3ccccc3Oc3ccc(-n4c5ccccc5c5ccccc54)cc32)c(C(C)C)c1. The van der Waals surface area contributed by atoms with Gasteiger partial charge in [-0.25, -0.2) is 0 Å². The standard InChI is InChI=1S/C39H38BNO/c1-24(2)27-21-31(25(3)4)39(32(22-27)26(5)6)40-33-15-9-12-18-37(33)42-38-20-19-28(23-34(38)40)41-35-16-10-7-13-29(35)30-14-8-11-17-36(30)41/h7-26H,1-6H3. The number of rotatable bonds is 5. The van der Waals surface area contributed by atoms with Gasteiger partial charge in [0, 0.05) is 16.5 Å². The van der Waals surface area contributed by atoms with Crippen molar-refractivity contribution in [2.45, 2.75) is 59.3 Å². The zero-order valence-electron chi connectivity index (χ0n) is 25.5. The topological polar surface area (TPSA) is 14.2 Å². The van der Waals surface area contributed by atoms with Crippen molar-refractivity contribution in [3.05, 3.63) is 120 Å². The minimum Gasteiger partial charge on any atom is -0.458 e. The highest BCUT2D eigenvalue weighted by molar-refractivity contribution is 6.97. The molecule has 7 rings (SSSR count). The van der Waals surface area contributed by atoms with Crippen molar-refractivity contribution in [3.8, 4) is 17.2 Å². The molecule has 42 heavy (non-hydrogen) atoms. The predicted octanol–water partition coefficient (Wildman–Crippen LogP) is 8.78. The van der Waals surface area contributed by atoms with Crippen LogP contribution in [0.2, 0.25) is 0 Å². The van der Waals surface area contributed by atoms with E-state index in [0.29, 0.717) is 17.8 Å². The number of aromatic nitrogens is 1. The Hall–Kier alpha value is -4.24. The summed E-state index contributed by atoms with van der Waals surface area (Å²) >= 11 is 0. The Morgan fingerprint density at radius 2 is 1.10 bits per heavy atom. The fraction of sp³-hybridized carbons (Fsp3) is 0.231. The third-order valence-electron chi connectivity index (χ3n) is 9.06. The summed E-state index contributed by atoms with van der Waals surface area (Å²) in [5.41, 5.74) is 11.8. The molecule has 1 aromatic heterocycles. The van der Waals surface area contributed by atoms with Crippen LogP contribution in [0.15, 0.2) is 103 Å². The van der Waals surface area contributed by atoms with Crippen molar-refractivity contribution in [3.63, 3.8) is 0 Å². The molecule has 0 fully saturated rings. The predicted molar refractivity (Wildman–Crippen MR) is 181 cm³/mol. The number of benzene rings is 5. The molecule has 1 aliphatic rings. The maximum Gasteiger partial charge on any atom is 0.251 e. The number of ether oxygens (including phenoxy) is 1. The molecule has 0 spiro atoms. The van der Waals surface area contributed by atoms with Crippen LogP contribution in [0, 0.1) is 0 Å². The largest absolute Gasteiger partial charge is 0.458 e. The van der Waals surface area contributed by atoms with E-state index < -0.39 is 0 Å². The van der Waals surface area contributed by atoms with E-state index in [-0.39, 0.29) is 6.71 Å². The number of fused-ring (bicyclic) bond motifs is 5. The molecule has 0 radical (unpaired) electrons. The summed E-state index contributed by atoms with van der Waals surface area (Å²) < 4.78 is 9.04. The van der Waals surface area contributed by atoms with Gasteiger partial charge in [-0.3, -0.25) is 0 Å². The average molecular weight is 548 g/mol. The zero-order valence-corrected chi connectivity index (χ0v) is 25.5. The molecule has 0 aliphatic carbocycles. The lowest BCUT2D eigenvalue weighted by molar-refractivity contribution is 0.487. The Bertz CT molecular complexity index is 1880. The van der Waals surface area contributed by atoms with Crippen LogP contribution >= 0.6 is 0 Å². The van der Waals surface area contributed by atoms with Crippen LogP contribution in [0.1, 0.15) is 76.0 Å². The van der Waals surface area contributed by atoms with Crippen molar-refractivity contribution >= 4 is 44.9 Å². The van der Waals surface area contributed by atoms with Crippen molar-refractivity contribution < 1.29 is 4.74 Å². The summed E-state index contributed by atoms with van der Waals surface area (Å²) in [6, 6.07) is 37.8. The summed E-state index contributed by atoms with van der Waals surface area (Å²) in [5, 5.41) is 2.55. The van der Waals surface area contributed by atoms with Gasteiger partial charge in [0.05, 0.1) is 11.0 Å². The third kappa shape index (κ3) is 4.17. The van der Waals surface area contributed by atoms with E-state index in [4.69, 9.17) is 4.74 Å². The van der Waals surface area contributed by atoms with Gasteiger partial charge in [0.1, 0.15) is 11.5 Å². The van der Waals surface area contributed by atoms with Gasteiger partial charge < -0.3 is 9.30 Å². The monoisotopic (exact) mass is 547 g/mol. The highest BCUT2D eigenvalue weighted by Gasteiger charge is 2.36. The van der Waals surface area contributed by atoms with Gasteiger partial charge in [0.25, 0.3) is 6.71 Å². The van der Waals surface area contributed by atoms with Crippen LogP contribution in [0.5, 0.6) is 11.5 Å². The molecule has 3 heteroatoms. The maximum absolute atomic E-state index is 6.63. The Kier molecular flexibility index (Phi) is 6.50. The van der Waals surface area contributed by atoms with Gasteiger partial charge >= 0.3 is 0 Å². The van der Waals surface area contributed by atoms with Gasteiger partial charge in [0.2, 0.25) is 0 Å². The molecule has 208 valence electrons. The van der Waals surface area contributed by atoms with Crippen LogP contribution in [0.25, 0.3) is 27.5 Å². The molecule has 1 aliphatic heterocycles. The Labute approximate surface area is 250 Å². The van der Waals surface area contributed by atoms with Crippen molar-refractivity contribution in [1.82, 2.24) is 4.57 Å². The minimum atomic E-state index is 0.0778. The van der Waals surface area contributed by atoms with Gasteiger partial charge in [-0.05, 0) is 81.8 Å². The van der Waals surface area contributed by atoms with E-state index in [1.165, 1.54) is 54.9 Å². The Balaban J connectivity index is 1.54. The molecule has 0 N–H and O–H groups in total. The molecule has 0 bridgehead atoms. The molecular weight excluding hydrogens is 509 g/mol. The van der Waals surface area contributed by atoms with Crippen LogP contribution in [0.4, 0.5) is 0 Å². The molecule has 0 amide bonds. The maximum atomic E-state index is 6.63. The van der Waals surface area contributed by atoms with Gasteiger partial charge in [0.15, 0.2) is 0 Å². The normalized spacial score (nSPS) is 12.8. The second kappa shape index (κ2) is 10.2. The molecule has 0 unspecified atom stereocenters. The zero-order chi connectivity index (χ0) is 29.1. The van der Waals surface area contributed by atoms with Gasteiger partial charge in [-0.15, -0.1) is 0 Å². The summed E-state index contributed by atoms with van der Waals surface area (Å²) in [7, 11) is 0. The highest BCUT2D eigenvalue weighted by atomic mass is 16.5. The first-order valence-corrected chi connectivity index (χ1v) is 15.4. The highest BCUT2D eigenvalue weighted by Crippen LogP contribution is 2.34. The number of para-hydroxylation sites is 3. The van der Waals surface area contributed by atoms with Crippen LogP contribution in [-0.4, -0.2) is 11.3 Å². The first-order valence-electron chi connectivity index (χ1n) is 15.4. The molecular formula is C39H38BNO. The van der Waals surface area contributed by atoms with E-state index >= 15 is 0 Å². The number of hydrogen-bond acceptors (Lipinski definition) is 1. The summed E-state index contributed by atoms with van der Waals surface area (Å²) in [4.78, 5) is 0. The van der Waals surface area contributed by atoms with Crippen molar-refractivity contribution in [2.24, 2.45) is 0 Å². The molecule has 2 nitrogen and oxygen atoms in total. The second-order valence-electron chi connectivity index (χ2n) is 12.7. The number of nitrogens with zero attached hydrogens (tertiary/aromatic N) is 1. The van der Waals surface area contributed by atoms with Crippen LogP contribution in [-0.2, 0) is 0 Å². The van der Waals surface area contributed by atoms with Crippen LogP contribution < -0.4 is 21.1 Å². The lowest BCUT2D eigenvalue weighted by Gasteiger charge is -2.32. The molecule has 2 heterocycles. The van der Waals surface area contributed by atoms with E-state index in [9.17, 15) is 0 Å². The fourth-order valence-corrected chi connectivity index (χ4v) is 6.95. The lowest BCUT2D eigenvalue weighted by atomic mass is 9.34. The van der Waals surface area contributed by atoms with Gasteiger partial charge in [-0.1, -0.05) is 114 Å². The fourth-order valence-electron chi connectivity index (χ4n) is 6.95. The first kappa shape index (κ1) is 26.7. The molecule has 5 aromatic carbocycles. The summed E-state index contributed by atoms with van der Waals surface area (Å²) in [5.74, 6) is 3.17. The molecule has 0 saturated carbocycles. The van der Waals surface area contributed by atoms with Crippen LogP contribution in [0.3, 0.4) is 0 Å². The van der Waals surface area contributed by atoms with Gasteiger partial charge in [-0.2, -0.15) is 0 Å². The average Bonchev–Trinajstić information content (AvgIpc) is 3.33. The third-order valence-corrected chi connectivity index (χ3v) is 9.06. The second-order valence-corrected chi connectivity index (χ2v) is 12.7. The Morgan fingerprint density at radius 1 is 0.548 bits per heavy atom. The first-order chi connectivity index (χ1) is 20.3. The Morgan fingerprint density at radius 3 is 1.69 bits per heavy atom. The molecule has 0 atom stereocenters.